The monoisotopic (exact) mass is 315 g/mol. The predicted molar refractivity (Wildman–Crippen MR) is 88.5 cm³/mol. The molecule has 6 heteroatoms. The van der Waals surface area contributed by atoms with E-state index in [4.69, 9.17) is 0 Å². The van der Waals surface area contributed by atoms with Crippen molar-refractivity contribution in [2.24, 2.45) is 0 Å². The molecule has 0 bridgehead atoms. The zero-order chi connectivity index (χ0) is 17.0. The second-order valence-corrected chi connectivity index (χ2v) is 5.86. The minimum absolute atomic E-state index is 0.0447. The molecule has 122 valence electrons. The van der Waals surface area contributed by atoms with E-state index in [0.717, 1.165) is 15.7 Å². The Morgan fingerprint density at radius 1 is 1.13 bits per heavy atom. The van der Waals surface area contributed by atoms with Gasteiger partial charge in [0, 0.05) is 18.3 Å². The fourth-order valence-corrected chi connectivity index (χ4v) is 2.22. The molecule has 1 aromatic heterocycles. The van der Waals surface area contributed by atoms with Crippen LogP contribution in [0, 0.1) is 6.92 Å². The molecule has 2 aromatic rings. The highest BCUT2D eigenvalue weighted by atomic mass is 16.2. The van der Waals surface area contributed by atoms with Gasteiger partial charge in [0.2, 0.25) is 5.91 Å². The molecule has 0 saturated carbocycles. The van der Waals surface area contributed by atoms with Crippen molar-refractivity contribution in [3.63, 3.8) is 0 Å². The van der Waals surface area contributed by atoms with E-state index >= 15 is 0 Å². The fraction of sp³-hybridized carbons (Fsp3) is 0.353. The number of carbonyl (C=O) groups excluding carboxylic acids is 1. The number of aromatic nitrogens is 2. The zero-order valence-corrected chi connectivity index (χ0v) is 13.6. The summed E-state index contributed by atoms with van der Waals surface area (Å²) < 4.78 is 2.38. The van der Waals surface area contributed by atoms with Crippen LogP contribution in [0.5, 0.6) is 0 Å². The number of carbonyl (C=O) groups is 1. The number of nitrogens with one attached hydrogen (secondary N) is 1. The third kappa shape index (κ3) is 4.42. The van der Waals surface area contributed by atoms with Crippen molar-refractivity contribution in [3.8, 4) is 0 Å². The number of rotatable bonds is 5. The topological polar surface area (TPSA) is 73.1 Å². The third-order valence-electron chi connectivity index (χ3n) is 3.36. The lowest BCUT2D eigenvalue weighted by Gasteiger charge is -2.12. The molecule has 1 heterocycles. The van der Waals surface area contributed by atoms with Gasteiger partial charge in [0.05, 0.1) is 6.54 Å². The normalized spacial score (nSPS) is 10.8. The first-order valence-electron chi connectivity index (χ1n) is 7.52. The van der Waals surface area contributed by atoms with E-state index in [9.17, 15) is 14.4 Å². The lowest BCUT2D eigenvalue weighted by Crippen LogP contribution is -2.44. The summed E-state index contributed by atoms with van der Waals surface area (Å²) >= 11 is 0. The molecule has 0 unspecified atom stereocenters. The Bertz CT molecular complexity index is 801. The van der Waals surface area contributed by atoms with Gasteiger partial charge in [0.25, 0.3) is 5.56 Å². The average molecular weight is 315 g/mol. The molecular formula is C17H21N3O3. The lowest BCUT2D eigenvalue weighted by atomic mass is 10.1. The van der Waals surface area contributed by atoms with Crippen LogP contribution in [-0.4, -0.2) is 21.1 Å². The van der Waals surface area contributed by atoms with Gasteiger partial charge in [-0.15, -0.1) is 0 Å². The minimum atomic E-state index is -0.489. The van der Waals surface area contributed by atoms with E-state index < -0.39 is 11.2 Å². The van der Waals surface area contributed by atoms with Crippen molar-refractivity contribution >= 4 is 5.91 Å². The smallest absolute Gasteiger partial charge is 0.331 e. The minimum Gasteiger partial charge on any atom is -0.352 e. The van der Waals surface area contributed by atoms with Crippen LogP contribution < -0.4 is 16.6 Å². The Morgan fingerprint density at radius 3 is 2.39 bits per heavy atom. The van der Waals surface area contributed by atoms with Gasteiger partial charge in [-0.3, -0.25) is 18.7 Å². The molecule has 1 N–H and O–H groups in total. The molecule has 0 saturated heterocycles. The van der Waals surface area contributed by atoms with Crippen molar-refractivity contribution in [2.75, 3.05) is 0 Å². The van der Waals surface area contributed by atoms with Crippen molar-refractivity contribution < 1.29 is 4.79 Å². The maximum absolute atomic E-state index is 12.4. The molecule has 0 fully saturated rings. The Kier molecular flexibility index (Phi) is 5.16. The SMILES string of the molecule is Cc1ccc(Cn2ccc(=O)n(CC(=O)NC(C)C)c2=O)cc1. The van der Waals surface area contributed by atoms with E-state index in [1.807, 2.05) is 45.0 Å². The van der Waals surface area contributed by atoms with E-state index in [-0.39, 0.29) is 18.5 Å². The summed E-state index contributed by atoms with van der Waals surface area (Å²) in [5.74, 6) is -0.354. The summed E-state index contributed by atoms with van der Waals surface area (Å²) in [7, 11) is 0. The molecule has 0 aliphatic heterocycles. The fourth-order valence-electron chi connectivity index (χ4n) is 2.22. The van der Waals surface area contributed by atoms with Crippen LogP contribution >= 0.6 is 0 Å². The highest BCUT2D eigenvalue weighted by Crippen LogP contribution is 2.03. The van der Waals surface area contributed by atoms with Crippen LogP contribution in [-0.2, 0) is 17.9 Å². The van der Waals surface area contributed by atoms with Crippen LogP contribution in [0.25, 0.3) is 0 Å². The quantitative estimate of drug-likeness (QED) is 0.890. The maximum atomic E-state index is 12.4. The van der Waals surface area contributed by atoms with Crippen LogP contribution in [0.2, 0.25) is 0 Å². The summed E-state index contributed by atoms with van der Waals surface area (Å²) in [5.41, 5.74) is 1.12. The molecule has 2 rings (SSSR count). The highest BCUT2D eigenvalue weighted by molar-refractivity contribution is 5.75. The second-order valence-electron chi connectivity index (χ2n) is 5.86. The molecular weight excluding hydrogens is 294 g/mol. The molecule has 0 spiro atoms. The van der Waals surface area contributed by atoms with Gasteiger partial charge in [0.15, 0.2) is 0 Å². The predicted octanol–water partition coefficient (Wildman–Crippen LogP) is 0.891. The van der Waals surface area contributed by atoms with Gasteiger partial charge in [-0.2, -0.15) is 0 Å². The standard InChI is InChI=1S/C17H21N3O3/c1-12(2)18-15(21)11-20-16(22)8-9-19(17(20)23)10-14-6-4-13(3)5-7-14/h4-9,12H,10-11H2,1-3H3,(H,18,21). The van der Waals surface area contributed by atoms with E-state index in [1.165, 1.54) is 16.8 Å². The number of benzene rings is 1. The maximum Gasteiger partial charge on any atom is 0.331 e. The van der Waals surface area contributed by atoms with Gasteiger partial charge in [0.1, 0.15) is 6.54 Å². The summed E-state index contributed by atoms with van der Waals surface area (Å²) in [4.78, 5) is 36.1. The number of aryl methyl sites for hydroxylation is 1. The molecule has 6 nitrogen and oxygen atoms in total. The van der Waals surface area contributed by atoms with Crippen molar-refractivity contribution in [1.82, 2.24) is 14.5 Å². The summed E-state index contributed by atoms with van der Waals surface area (Å²) in [6.07, 6.45) is 1.46. The molecule has 1 aromatic carbocycles. The van der Waals surface area contributed by atoms with Crippen LogP contribution in [0.1, 0.15) is 25.0 Å². The molecule has 23 heavy (non-hydrogen) atoms. The van der Waals surface area contributed by atoms with Crippen molar-refractivity contribution in [1.29, 1.82) is 0 Å². The van der Waals surface area contributed by atoms with Gasteiger partial charge >= 0.3 is 5.69 Å². The number of nitrogens with zero attached hydrogens (tertiary/aromatic N) is 2. The van der Waals surface area contributed by atoms with Crippen LogP contribution in [0.3, 0.4) is 0 Å². The second kappa shape index (κ2) is 7.09. The molecule has 1 amide bonds. The summed E-state index contributed by atoms with van der Waals surface area (Å²) in [6.45, 7) is 5.71. The largest absolute Gasteiger partial charge is 0.352 e. The molecule has 0 radical (unpaired) electrons. The Labute approximate surface area is 134 Å². The van der Waals surface area contributed by atoms with E-state index in [2.05, 4.69) is 5.32 Å². The Morgan fingerprint density at radius 2 is 1.78 bits per heavy atom. The van der Waals surface area contributed by atoms with E-state index in [1.54, 1.807) is 0 Å². The van der Waals surface area contributed by atoms with Crippen molar-refractivity contribution in [3.05, 3.63) is 68.5 Å². The molecule has 0 atom stereocenters. The first kappa shape index (κ1) is 16.7. The van der Waals surface area contributed by atoms with Crippen LogP contribution in [0.4, 0.5) is 0 Å². The lowest BCUT2D eigenvalue weighted by molar-refractivity contribution is -0.122. The van der Waals surface area contributed by atoms with Gasteiger partial charge in [-0.05, 0) is 26.3 Å². The zero-order valence-electron chi connectivity index (χ0n) is 13.6. The first-order chi connectivity index (χ1) is 10.9. The van der Waals surface area contributed by atoms with Gasteiger partial charge < -0.3 is 5.32 Å². The van der Waals surface area contributed by atoms with E-state index in [0.29, 0.717) is 6.54 Å². The summed E-state index contributed by atoms with van der Waals surface area (Å²) in [5, 5.41) is 2.67. The highest BCUT2D eigenvalue weighted by Gasteiger charge is 2.11. The molecule has 0 aliphatic rings. The average Bonchev–Trinajstić information content (AvgIpc) is 2.48. The first-order valence-corrected chi connectivity index (χ1v) is 7.52. The third-order valence-corrected chi connectivity index (χ3v) is 3.36. The van der Waals surface area contributed by atoms with Crippen LogP contribution in [0.15, 0.2) is 46.1 Å². The Hall–Kier alpha value is -2.63. The van der Waals surface area contributed by atoms with Gasteiger partial charge in [-0.25, -0.2) is 4.79 Å². The number of hydrogen-bond donors (Lipinski definition) is 1. The number of hydrogen-bond acceptors (Lipinski definition) is 3. The van der Waals surface area contributed by atoms with Gasteiger partial charge in [-0.1, -0.05) is 29.8 Å². The molecule has 0 aliphatic carbocycles. The van der Waals surface area contributed by atoms with Crippen molar-refractivity contribution in [2.45, 2.75) is 39.9 Å². The summed E-state index contributed by atoms with van der Waals surface area (Å²) in [6, 6.07) is 9.06. The number of amides is 1. The Balaban J connectivity index is 2.27.